The molecule has 0 spiro atoms. The molecule has 0 fully saturated rings. The van der Waals surface area contributed by atoms with Crippen LogP contribution in [0.1, 0.15) is 42.3 Å². The standard InChI is InChI=1S/C20H21FN2O2/c1-13(24)23-11-10-14-12-15(8-9-18(14)23)19(25)22-20(2,3)16-6-4-5-7-17(16)21/h4-9,12H,10-11H2,1-3H3,(H,22,25). The van der Waals surface area contributed by atoms with Crippen molar-refractivity contribution in [2.24, 2.45) is 0 Å². The molecule has 1 N–H and O–H groups in total. The van der Waals surface area contributed by atoms with Gasteiger partial charge in [0.1, 0.15) is 5.82 Å². The third-order valence-electron chi connectivity index (χ3n) is 4.59. The summed E-state index contributed by atoms with van der Waals surface area (Å²) >= 11 is 0. The second-order valence-electron chi connectivity index (χ2n) is 6.82. The van der Waals surface area contributed by atoms with Gasteiger partial charge in [-0.3, -0.25) is 9.59 Å². The van der Waals surface area contributed by atoms with Gasteiger partial charge in [-0.05, 0) is 50.1 Å². The molecule has 0 atom stereocenters. The van der Waals surface area contributed by atoms with Crippen LogP contribution in [-0.4, -0.2) is 18.4 Å². The van der Waals surface area contributed by atoms with Crippen molar-refractivity contribution in [2.45, 2.75) is 32.7 Å². The Bertz CT molecular complexity index is 845. The molecule has 25 heavy (non-hydrogen) atoms. The summed E-state index contributed by atoms with van der Waals surface area (Å²) in [6.45, 7) is 5.71. The monoisotopic (exact) mass is 340 g/mol. The van der Waals surface area contributed by atoms with Crippen LogP contribution in [0, 0.1) is 5.82 Å². The van der Waals surface area contributed by atoms with Gasteiger partial charge in [0.05, 0.1) is 5.54 Å². The van der Waals surface area contributed by atoms with Crippen LogP contribution in [0.2, 0.25) is 0 Å². The Kier molecular flexibility index (Phi) is 4.33. The summed E-state index contributed by atoms with van der Waals surface area (Å²) in [5.74, 6) is -0.618. The van der Waals surface area contributed by atoms with Crippen molar-refractivity contribution in [3.63, 3.8) is 0 Å². The van der Waals surface area contributed by atoms with Gasteiger partial charge in [-0.15, -0.1) is 0 Å². The first-order valence-corrected chi connectivity index (χ1v) is 8.28. The van der Waals surface area contributed by atoms with Crippen molar-refractivity contribution in [3.8, 4) is 0 Å². The molecule has 0 aromatic heterocycles. The highest BCUT2D eigenvalue weighted by atomic mass is 19.1. The molecule has 0 bridgehead atoms. The second-order valence-corrected chi connectivity index (χ2v) is 6.82. The van der Waals surface area contributed by atoms with Gasteiger partial charge in [-0.25, -0.2) is 4.39 Å². The van der Waals surface area contributed by atoms with Crippen LogP contribution in [0.4, 0.5) is 10.1 Å². The Hall–Kier alpha value is -2.69. The van der Waals surface area contributed by atoms with E-state index in [1.165, 1.54) is 13.0 Å². The third kappa shape index (κ3) is 3.27. The molecule has 0 radical (unpaired) electrons. The Labute approximate surface area is 146 Å². The van der Waals surface area contributed by atoms with Crippen molar-refractivity contribution in [1.82, 2.24) is 5.32 Å². The maximum Gasteiger partial charge on any atom is 0.251 e. The van der Waals surface area contributed by atoms with Crippen LogP contribution < -0.4 is 10.2 Å². The molecule has 1 aliphatic heterocycles. The van der Waals surface area contributed by atoms with Crippen LogP contribution >= 0.6 is 0 Å². The van der Waals surface area contributed by atoms with Gasteiger partial charge in [0, 0.05) is 30.3 Å². The molecule has 2 aromatic carbocycles. The molecule has 1 heterocycles. The van der Waals surface area contributed by atoms with Crippen LogP contribution in [0.15, 0.2) is 42.5 Å². The Morgan fingerprint density at radius 3 is 2.56 bits per heavy atom. The number of halogens is 1. The summed E-state index contributed by atoms with van der Waals surface area (Å²) in [4.78, 5) is 26.0. The molecular formula is C20H21FN2O2. The number of hydrogen-bond acceptors (Lipinski definition) is 2. The quantitative estimate of drug-likeness (QED) is 0.931. The van der Waals surface area contributed by atoms with Gasteiger partial charge in [-0.2, -0.15) is 0 Å². The molecule has 4 nitrogen and oxygen atoms in total. The largest absolute Gasteiger partial charge is 0.343 e. The van der Waals surface area contributed by atoms with E-state index in [1.54, 1.807) is 49.1 Å². The normalized spacial score (nSPS) is 13.5. The van der Waals surface area contributed by atoms with Gasteiger partial charge in [0.2, 0.25) is 5.91 Å². The number of amides is 2. The molecule has 130 valence electrons. The molecular weight excluding hydrogens is 319 g/mol. The van der Waals surface area contributed by atoms with E-state index in [9.17, 15) is 14.0 Å². The molecule has 0 aliphatic carbocycles. The van der Waals surface area contributed by atoms with Gasteiger partial charge < -0.3 is 10.2 Å². The van der Waals surface area contributed by atoms with E-state index in [1.807, 2.05) is 6.07 Å². The van der Waals surface area contributed by atoms with E-state index in [0.29, 0.717) is 17.7 Å². The van der Waals surface area contributed by atoms with Crippen LogP contribution in [0.3, 0.4) is 0 Å². The zero-order chi connectivity index (χ0) is 18.2. The Balaban J connectivity index is 1.83. The highest BCUT2D eigenvalue weighted by molar-refractivity contribution is 5.98. The number of rotatable bonds is 3. The molecule has 1 aliphatic rings. The van der Waals surface area contributed by atoms with E-state index < -0.39 is 5.54 Å². The fourth-order valence-electron chi connectivity index (χ4n) is 3.26. The van der Waals surface area contributed by atoms with Crippen molar-refractivity contribution in [2.75, 3.05) is 11.4 Å². The lowest BCUT2D eigenvalue weighted by molar-refractivity contribution is -0.116. The van der Waals surface area contributed by atoms with Gasteiger partial charge in [0.15, 0.2) is 0 Å². The Morgan fingerprint density at radius 2 is 1.88 bits per heavy atom. The second kappa shape index (κ2) is 6.31. The summed E-state index contributed by atoms with van der Waals surface area (Å²) in [5, 5.41) is 2.90. The van der Waals surface area contributed by atoms with E-state index in [2.05, 4.69) is 5.32 Å². The first kappa shape index (κ1) is 17.1. The maximum atomic E-state index is 14.0. The number of carbonyl (C=O) groups is 2. The predicted molar refractivity (Wildman–Crippen MR) is 95.1 cm³/mol. The highest BCUT2D eigenvalue weighted by Crippen LogP contribution is 2.29. The molecule has 0 saturated carbocycles. The molecule has 3 rings (SSSR count). The lowest BCUT2D eigenvalue weighted by Crippen LogP contribution is -2.41. The summed E-state index contributed by atoms with van der Waals surface area (Å²) in [6.07, 6.45) is 0.729. The van der Waals surface area contributed by atoms with Gasteiger partial charge in [0.25, 0.3) is 5.91 Å². The fraction of sp³-hybridized carbons (Fsp3) is 0.300. The highest BCUT2D eigenvalue weighted by Gasteiger charge is 2.28. The number of nitrogens with zero attached hydrogens (tertiary/aromatic N) is 1. The molecule has 0 saturated heterocycles. The number of fused-ring (bicyclic) bond motifs is 1. The minimum atomic E-state index is -0.840. The molecule has 2 aromatic rings. The van der Waals surface area contributed by atoms with Gasteiger partial charge in [-0.1, -0.05) is 18.2 Å². The van der Waals surface area contributed by atoms with E-state index >= 15 is 0 Å². The summed E-state index contributed by atoms with van der Waals surface area (Å²) in [5.41, 5.74) is 1.94. The lowest BCUT2D eigenvalue weighted by atomic mass is 9.93. The minimum absolute atomic E-state index is 0.00311. The van der Waals surface area contributed by atoms with E-state index in [4.69, 9.17) is 0 Å². The SMILES string of the molecule is CC(=O)N1CCc2cc(C(=O)NC(C)(C)c3ccccc3F)ccc21. The first-order chi connectivity index (χ1) is 11.8. The third-order valence-corrected chi connectivity index (χ3v) is 4.59. The summed E-state index contributed by atoms with van der Waals surface area (Å²) in [7, 11) is 0. The number of benzene rings is 2. The smallest absolute Gasteiger partial charge is 0.251 e. The predicted octanol–water partition coefficient (Wildman–Crippen LogP) is 3.40. The van der Waals surface area contributed by atoms with Gasteiger partial charge >= 0.3 is 0 Å². The summed E-state index contributed by atoms with van der Waals surface area (Å²) in [6, 6.07) is 11.7. The number of nitrogens with one attached hydrogen (secondary N) is 1. The topological polar surface area (TPSA) is 49.4 Å². The van der Waals surface area contributed by atoms with E-state index in [-0.39, 0.29) is 17.6 Å². The lowest BCUT2D eigenvalue weighted by Gasteiger charge is -2.27. The average molecular weight is 340 g/mol. The number of carbonyl (C=O) groups excluding carboxylic acids is 2. The van der Waals surface area contributed by atoms with E-state index in [0.717, 1.165) is 17.7 Å². The first-order valence-electron chi connectivity index (χ1n) is 8.28. The van der Waals surface area contributed by atoms with Crippen LogP contribution in [0.25, 0.3) is 0 Å². The van der Waals surface area contributed by atoms with Crippen molar-refractivity contribution in [3.05, 3.63) is 65.0 Å². The van der Waals surface area contributed by atoms with Crippen LogP contribution in [-0.2, 0) is 16.8 Å². The zero-order valence-corrected chi connectivity index (χ0v) is 14.6. The van der Waals surface area contributed by atoms with Crippen molar-refractivity contribution >= 4 is 17.5 Å². The average Bonchev–Trinajstić information content (AvgIpc) is 2.97. The Morgan fingerprint density at radius 1 is 1.16 bits per heavy atom. The number of hydrogen-bond donors (Lipinski definition) is 1. The maximum absolute atomic E-state index is 14.0. The molecule has 2 amide bonds. The molecule has 0 unspecified atom stereocenters. The fourth-order valence-corrected chi connectivity index (χ4v) is 3.26. The van der Waals surface area contributed by atoms with Crippen molar-refractivity contribution < 1.29 is 14.0 Å². The minimum Gasteiger partial charge on any atom is -0.343 e. The zero-order valence-electron chi connectivity index (χ0n) is 14.6. The summed E-state index contributed by atoms with van der Waals surface area (Å²) < 4.78 is 14.0. The van der Waals surface area contributed by atoms with Crippen molar-refractivity contribution in [1.29, 1.82) is 0 Å². The number of anilines is 1. The van der Waals surface area contributed by atoms with Crippen LogP contribution in [0.5, 0.6) is 0 Å². The molecule has 5 heteroatoms.